The third kappa shape index (κ3) is 5.34. The Labute approximate surface area is 167 Å². The maximum atomic E-state index is 11.7. The monoisotopic (exact) mass is 407 g/mol. The van der Waals surface area contributed by atoms with Crippen molar-refractivity contribution in [1.29, 1.82) is 0 Å². The third-order valence-corrected chi connectivity index (χ3v) is 9.59. The molecule has 28 heavy (non-hydrogen) atoms. The fraction of sp³-hybridized carbons (Fsp3) is 0.550. The normalized spacial score (nSPS) is 15.0. The molecule has 0 saturated carbocycles. The molecule has 8 heteroatoms. The molecule has 7 nitrogen and oxygen atoms in total. The van der Waals surface area contributed by atoms with E-state index in [1.807, 2.05) is 24.3 Å². The summed E-state index contributed by atoms with van der Waals surface area (Å²) in [6, 6.07) is 7.33. The van der Waals surface area contributed by atoms with Crippen molar-refractivity contribution in [2.75, 3.05) is 0 Å². The first-order valence-electron chi connectivity index (χ1n) is 9.54. The summed E-state index contributed by atoms with van der Waals surface area (Å²) >= 11 is 0. The van der Waals surface area contributed by atoms with Crippen LogP contribution >= 0.6 is 0 Å². The van der Waals surface area contributed by atoms with Crippen LogP contribution in [0.15, 0.2) is 24.3 Å². The van der Waals surface area contributed by atoms with Crippen molar-refractivity contribution in [2.24, 2.45) is 0 Å². The molecule has 0 spiro atoms. The van der Waals surface area contributed by atoms with Crippen molar-refractivity contribution >= 4 is 26.3 Å². The van der Waals surface area contributed by atoms with Crippen LogP contribution in [0.3, 0.4) is 0 Å². The molecule has 0 N–H and O–H groups in total. The summed E-state index contributed by atoms with van der Waals surface area (Å²) in [5.41, 5.74) is 0.746. The Kier molecular flexibility index (Phi) is 6.87. The molecule has 0 aliphatic carbocycles. The molecule has 1 saturated heterocycles. The number of hydrogen-bond donors (Lipinski definition) is 0. The van der Waals surface area contributed by atoms with Gasteiger partial charge in [0.15, 0.2) is 0 Å². The van der Waals surface area contributed by atoms with E-state index in [0.717, 1.165) is 24.2 Å². The van der Waals surface area contributed by atoms with Gasteiger partial charge in [0.05, 0.1) is 0 Å². The van der Waals surface area contributed by atoms with Crippen LogP contribution in [0.5, 0.6) is 5.75 Å². The molecule has 1 aliphatic rings. The summed E-state index contributed by atoms with van der Waals surface area (Å²) in [5.74, 6) is -0.289. The lowest BCUT2D eigenvalue weighted by Gasteiger charge is -2.39. The fourth-order valence-electron chi connectivity index (χ4n) is 2.91. The van der Waals surface area contributed by atoms with Crippen LogP contribution in [-0.4, -0.2) is 31.4 Å². The molecule has 1 aromatic rings. The van der Waals surface area contributed by atoms with Crippen LogP contribution in [-0.2, 0) is 25.8 Å². The lowest BCUT2D eigenvalue weighted by molar-refractivity contribution is -0.177. The van der Waals surface area contributed by atoms with Gasteiger partial charge in [0.1, 0.15) is 12.4 Å². The first kappa shape index (κ1) is 21.9. The van der Waals surface area contributed by atoms with E-state index in [9.17, 15) is 14.4 Å². The van der Waals surface area contributed by atoms with Gasteiger partial charge in [-0.25, -0.2) is 4.79 Å². The third-order valence-electron chi connectivity index (χ3n) is 5.33. The van der Waals surface area contributed by atoms with Crippen LogP contribution in [0.4, 0.5) is 4.79 Å². The summed E-state index contributed by atoms with van der Waals surface area (Å²) in [6.07, 6.45) is 1.24. The Morgan fingerprint density at radius 1 is 1.11 bits per heavy atom. The van der Waals surface area contributed by atoms with Gasteiger partial charge in [0, 0.05) is 12.8 Å². The second kappa shape index (κ2) is 8.77. The lowest BCUT2D eigenvalue weighted by Crippen LogP contribution is -2.45. The molecule has 0 unspecified atom stereocenters. The van der Waals surface area contributed by atoms with Gasteiger partial charge < -0.3 is 9.16 Å². The number of hydrogen-bond acceptors (Lipinski definition) is 6. The fourth-order valence-corrected chi connectivity index (χ4v) is 4.77. The molecule has 2 rings (SSSR count). The minimum absolute atomic E-state index is 0.0303. The van der Waals surface area contributed by atoms with Gasteiger partial charge in [-0.2, -0.15) is 0 Å². The molecule has 0 radical (unpaired) electrons. The average Bonchev–Trinajstić information content (AvgIpc) is 2.92. The van der Waals surface area contributed by atoms with Crippen molar-refractivity contribution in [1.82, 2.24) is 5.06 Å². The number of hydroxylamine groups is 2. The number of carbonyl (C=O) groups excluding carboxylic acids is 3. The Morgan fingerprint density at radius 2 is 1.68 bits per heavy atom. The molecule has 2 amide bonds. The summed E-state index contributed by atoms with van der Waals surface area (Å²) in [4.78, 5) is 39.2. The van der Waals surface area contributed by atoms with E-state index in [-0.39, 0.29) is 24.5 Å². The van der Waals surface area contributed by atoms with Crippen LogP contribution in [0, 0.1) is 0 Å². The van der Waals surface area contributed by atoms with Gasteiger partial charge >= 0.3 is 6.16 Å². The quantitative estimate of drug-likeness (QED) is 0.357. The number of carbonyl (C=O) groups is 3. The minimum atomic E-state index is -1.96. The zero-order valence-corrected chi connectivity index (χ0v) is 18.2. The second-order valence-electron chi connectivity index (χ2n) is 8.10. The maximum Gasteiger partial charge on any atom is 0.534 e. The molecular weight excluding hydrogens is 378 g/mol. The Bertz CT molecular complexity index is 713. The van der Waals surface area contributed by atoms with E-state index in [4.69, 9.17) is 9.16 Å². The van der Waals surface area contributed by atoms with E-state index in [1.54, 1.807) is 0 Å². The van der Waals surface area contributed by atoms with Crippen molar-refractivity contribution < 1.29 is 28.4 Å². The summed E-state index contributed by atoms with van der Waals surface area (Å²) in [6.45, 7) is 11.1. The minimum Gasteiger partial charge on any atom is -0.543 e. The highest BCUT2D eigenvalue weighted by molar-refractivity contribution is 6.74. The first-order chi connectivity index (χ1) is 13.1. The first-order valence-corrected chi connectivity index (χ1v) is 12.4. The van der Waals surface area contributed by atoms with E-state index in [1.165, 1.54) is 0 Å². The molecule has 1 aliphatic heterocycles. The zero-order valence-electron chi connectivity index (χ0n) is 17.2. The molecular formula is C20H29NO6Si. The topological polar surface area (TPSA) is 82.1 Å². The van der Waals surface area contributed by atoms with Crippen LogP contribution in [0.1, 0.15) is 52.0 Å². The van der Waals surface area contributed by atoms with Gasteiger partial charge in [-0.05, 0) is 42.2 Å². The number of amides is 2. The predicted octanol–water partition coefficient (Wildman–Crippen LogP) is 4.57. The van der Waals surface area contributed by atoms with Crippen LogP contribution in [0.2, 0.25) is 18.1 Å². The highest BCUT2D eigenvalue weighted by atomic mass is 28.4. The molecule has 0 atom stereocenters. The number of ether oxygens (including phenoxy) is 1. The predicted molar refractivity (Wildman–Crippen MR) is 106 cm³/mol. The van der Waals surface area contributed by atoms with Crippen LogP contribution in [0.25, 0.3) is 0 Å². The Hall–Kier alpha value is -2.35. The molecule has 154 valence electrons. The van der Waals surface area contributed by atoms with E-state index in [0.29, 0.717) is 5.06 Å². The van der Waals surface area contributed by atoms with Gasteiger partial charge in [0.2, 0.25) is 0 Å². The van der Waals surface area contributed by atoms with E-state index < -0.39 is 26.3 Å². The smallest absolute Gasteiger partial charge is 0.534 e. The lowest BCUT2D eigenvalue weighted by atomic mass is 10.1. The number of nitrogens with zero attached hydrogens (tertiary/aromatic N) is 1. The Morgan fingerprint density at radius 3 is 2.21 bits per heavy atom. The van der Waals surface area contributed by atoms with Crippen molar-refractivity contribution in [3.63, 3.8) is 0 Å². The average molecular weight is 408 g/mol. The molecule has 0 aromatic heterocycles. The van der Waals surface area contributed by atoms with Gasteiger partial charge in [-0.1, -0.05) is 44.4 Å². The highest BCUT2D eigenvalue weighted by Gasteiger charge is 2.42. The van der Waals surface area contributed by atoms with E-state index in [2.05, 4.69) is 38.7 Å². The number of imide groups is 1. The molecule has 0 bridgehead atoms. The summed E-state index contributed by atoms with van der Waals surface area (Å²) < 4.78 is 11.3. The molecule has 1 heterocycles. The Balaban J connectivity index is 1.88. The second-order valence-corrected chi connectivity index (χ2v) is 12.7. The van der Waals surface area contributed by atoms with Gasteiger partial charge in [0.25, 0.3) is 20.1 Å². The van der Waals surface area contributed by atoms with Crippen molar-refractivity contribution in [3.05, 3.63) is 29.8 Å². The summed E-state index contributed by atoms with van der Waals surface area (Å²) in [5, 5.41) is 0.613. The van der Waals surface area contributed by atoms with E-state index >= 15 is 0 Å². The number of rotatable bonds is 8. The standard InChI is InChI=1S/C20H29NO6Si/c1-6-13-20(2,3)28(4,5)27-16-9-7-15(8-10-16)14-25-19(24)26-21-17(22)11-12-18(21)23/h7-10H,6,11-14H2,1-5H3. The van der Waals surface area contributed by atoms with Gasteiger partial charge in [-0.15, -0.1) is 0 Å². The maximum absolute atomic E-state index is 11.7. The van der Waals surface area contributed by atoms with Crippen molar-refractivity contribution in [3.8, 4) is 5.75 Å². The summed E-state index contributed by atoms with van der Waals surface area (Å²) in [7, 11) is -1.96. The zero-order chi connectivity index (χ0) is 20.9. The molecule has 1 aromatic carbocycles. The number of benzene rings is 1. The van der Waals surface area contributed by atoms with Crippen molar-refractivity contribution in [2.45, 2.75) is 71.2 Å². The largest absolute Gasteiger partial charge is 0.543 e. The molecule has 1 fully saturated rings. The van der Waals surface area contributed by atoms with Crippen LogP contribution < -0.4 is 4.43 Å². The highest BCUT2D eigenvalue weighted by Crippen LogP contribution is 2.42. The SMILES string of the molecule is CCCC(C)(C)[Si](C)(C)Oc1ccc(COC(=O)ON2C(=O)CCC2=O)cc1. The van der Waals surface area contributed by atoms with Gasteiger partial charge in [-0.3, -0.25) is 14.4 Å².